The third-order valence-electron chi connectivity index (χ3n) is 2.98. The largest absolute Gasteiger partial charge is 0.504 e. The van der Waals surface area contributed by atoms with Gasteiger partial charge in [0.05, 0.1) is 0 Å². The Morgan fingerprint density at radius 1 is 0.857 bits per heavy atom. The van der Waals surface area contributed by atoms with Crippen molar-refractivity contribution >= 4 is 22.9 Å². The first-order chi connectivity index (χ1) is 10.2. The summed E-state index contributed by atoms with van der Waals surface area (Å²) in [7, 11) is 0. The van der Waals surface area contributed by atoms with Crippen molar-refractivity contribution < 1.29 is 5.11 Å². The van der Waals surface area contributed by atoms with Crippen LogP contribution in [0.5, 0.6) is 5.75 Å². The normalized spacial score (nSPS) is 10.5. The van der Waals surface area contributed by atoms with Crippen LogP contribution in [0.25, 0.3) is 0 Å². The monoisotopic (exact) mass is 281 g/mol. The number of nitrogens with one attached hydrogen (secondary N) is 2. The molecule has 0 saturated heterocycles. The van der Waals surface area contributed by atoms with Crippen molar-refractivity contribution in [1.82, 2.24) is 4.98 Å². The first-order valence-corrected chi connectivity index (χ1v) is 6.23. The van der Waals surface area contributed by atoms with E-state index in [1.54, 1.807) is 18.2 Å². The molecule has 3 rings (SSSR count). The van der Waals surface area contributed by atoms with E-state index in [1.807, 2.05) is 18.2 Å². The van der Waals surface area contributed by atoms with Gasteiger partial charge in [-0.15, -0.1) is 0 Å². The minimum absolute atomic E-state index is 0.0952. The predicted molar refractivity (Wildman–Crippen MR) is 80.3 cm³/mol. The van der Waals surface area contributed by atoms with Gasteiger partial charge < -0.3 is 15.7 Å². The molecule has 0 aliphatic heterocycles. The summed E-state index contributed by atoms with van der Waals surface area (Å²) in [5, 5.41) is 15.2. The quantitative estimate of drug-likeness (QED) is 0.632. The Balaban J connectivity index is 1.91. The van der Waals surface area contributed by atoms with Crippen LogP contribution in [-0.4, -0.2) is 10.1 Å². The standard InChI is InChI=1S/C15H11N3O3/c19-10-7-4-8-16-15(10)18-12-11(13(20)14(12)21)17-9-5-2-1-3-6-9/h1-8,17,19H,(H,16,18). The second-order valence-electron chi connectivity index (χ2n) is 4.40. The number of para-hydroxylation sites is 1. The van der Waals surface area contributed by atoms with Gasteiger partial charge in [0.15, 0.2) is 11.6 Å². The lowest BCUT2D eigenvalue weighted by Gasteiger charge is -2.14. The van der Waals surface area contributed by atoms with Crippen LogP contribution in [0, 0.1) is 0 Å². The average molecular weight is 281 g/mol. The summed E-state index contributed by atoms with van der Waals surface area (Å²) in [6.45, 7) is 0. The van der Waals surface area contributed by atoms with Crippen molar-refractivity contribution in [2.24, 2.45) is 0 Å². The zero-order chi connectivity index (χ0) is 14.8. The Bertz CT molecular complexity index is 852. The second-order valence-corrected chi connectivity index (χ2v) is 4.40. The zero-order valence-electron chi connectivity index (χ0n) is 10.8. The van der Waals surface area contributed by atoms with E-state index >= 15 is 0 Å². The first-order valence-electron chi connectivity index (χ1n) is 6.23. The van der Waals surface area contributed by atoms with Gasteiger partial charge in [-0.1, -0.05) is 18.2 Å². The van der Waals surface area contributed by atoms with Gasteiger partial charge in [0.2, 0.25) is 0 Å². The molecule has 2 aromatic carbocycles. The number of hydrogen-bond acceptors (Lipinski definition) is 6. The molecular formula is C15H11N3O3. The van der Waals surface area contributed by atoms with Gasteiger partial charge in [0.1, 0.15) is 11.4 Å². The van der Waals surface area contributed by atoms with Crippen LogP contribution in [0.3, 0.4) is 0 Å². The van der Waals surface area contributed by atoms with Crippen molar-refractivity contribution in [3.8, 4) is 5.75 Å². The number of pyridine rings is 1. The van der Waals surface area contributed by atoms with Crippen LogP contribution in [0.15, 0.2) is 58.3 Å². The summed E-state index contributed by atoms with van der Waals surface area (Å²) in [4.78, 5) is 27.2. The average Bonchev–Trinajstić information content (AvgIpc) is 2.53. The number of anilines is 4. The lowest BCUT2D eigenvalue weighted by molar-refractivity contribution is 0.475. The molecule has 0 spiro atoms. The summed E-state index contributed by atoms with van der Waals surface area (Å²) in [5.41, 5.74) is -0.290. The van der Waals surface area contributed by atoms with E-state index in [4.69, 9.17) is 0 Å². The summed E-state index contributed by atoms with van der Waals surface area (Å²) in [6.07, 6.45) is 1.47. The van der Waals surface area contributed by atoms with Crippen molar-refractivity contribution in [3.63, 3.8) is 0 Å². The van der Waals surface area contributed by atoms with E-state index in [0.29, 0.717) is 5.69 Å². The number of rotatable bonds is 4. The first kappa shape index (κ1) is 12.9. The van der Waals surface area contributed by atoms with Crippen molar-refractivity contribution in [2.45, 2.75) is 0 Å². The van der Waals surface area contributed by atoms with E-state index in [-0.39, 0.29) is 22.9 Å². The maximum absolute atomic E-state index is 11.7. The van der Waals surface area contributed by atoms with Crippen LogP contribution < -0.4 is 21.5 Å². The number of aromatic nitrogens is 1. The van der Waals surface area contributed by atoms with Gasteiger partial charge in [-0.3, -0.25) is 9.59 Å². The maximum Gasteiger partial charge on any atom is 0.253 e. The fourth-order valence-electron chi connectivity index (χ4n) is 1.91. The number of hydrogen-bond donors (Lipinski definition) is 3. The molecule has 6 heteroatoms. The van der Waals surface area contributed by atoms with Gasteiger partial charge in [0, 0.05) is 11.9 Å². The SMILES string of the molecule is O=c1c(Nc2ccccc2)c(Nc2ncccc2O)c1=O. The van der Waals surface area contributed by atoms with Crippen LogP contribution in [0.1, 0.15) is 0 Å². The van der Waals surface area contributed by atoms with Gasteiger partial charge in [-0.25, -0.2) is 4.98 Å². The molecule has 0 amide bonds. The Hall–Kier alpha value is -3.15. The molecule has 1 aromatic heterocycles. The number of benzene rings is 1. The second kappa shape index (κ2) is 5.09. The van der Waals surface area contributed by atoms with Crippen LogP contribution in [0.2, 0.25) is 0 Å². The highest BCUT2D eigenvalue weighted by molar-refractivity contribution is 5.82. The molecule has 3 aromatic rings. The van der Waals surface area contributed by atoms with Crippen molar-refractivity contribution in [2.75, 3.05) is 10.6 Å². The van der Waals surface area contributed by atoms with Crippen molar-refractivity contribution in [1.29, 1.82) is 0 Å². The fraction of sp³-hybridized carbons (Fsp3) is 0. The Kier molecular flexibility index (Phi) is 3.12. The molecule has 0 aliphatic carbocycles. The Morgan fingerprint density at radius 3 is 2.19 bits per heavy atom. The molecule has 0 bridgehead atoms. The number of nitrogens with zero attached hydrogens (tertiary/aromatic N) is 1. The highest BCUT2D eigenvalue weighted by atomic mass is 16.3. The van der Waals surface area contributed by atoms with Gasteiger partial charge in [0.25, 0.3) is 10.9 Å². The summed E-state index contributed by atoms with van der Waals surface area (Å²) < 4.78 is 0. The molecule has 0 saturated carbocycles. The van der Waals surface area contributed by atoms with Gasteiger partial charge >= 0.3 is 0 Å². The third kappa shape index (κ3) is 2.34. The minimum Gasteiger partial charge on any atom is -0.504 e. The number of aromatic hydroxyl groups is 1. The third-order valence-corrected chi connectivity index (χ3v) is 2.98. The molecule has 104 valence electrons. The highest BCUT2D eigenvalue weighted by Gasteiger charge is 2.22. The zero-order valence-corrected chi connectivity index (χ0v) is 10.8. The summed E-state index contributed by atoms with van der Waals surface area (Å²) in [5.74, 6) is 0.0249. The van der Waals surface area contributed by atoms with E-state index in [0.717, 1.165) is 0 Å². The Labute approximate surface area is 119 Å². The molecular weight excluding hydrogens is 270 g/mol. The van der Waals surface area contributed by atoms with Crippen LogP contribution in [-0.2, 0) is 0 Å². The molecule has 3 N–H and O–H groups in total. The highest BCUT2D eigenvalue weighted by Crippen LogP contribution is 2.27. The summed E-state index contributed by atoms with van der Waals surface area (Å²) >= 11 is 0. The summed E-state index contributed by atoms with van der Waals surface area (Å²) in [6, 6.07) is 12.0. The van der Waals surface area contributed by atoms with E-state index in [1.165, 1.54) is 12.3 Å². The van der Waals surface area contributed by atoms with Crippen LogP contribution in [0.4, 0.5) is 22.9 Å². The topological polar surface area (TPSA) is 91.3 Å². The Morgan fingerprint density at radius 2 is 1.52 bits per heavy atom. The van der Waals surface area contributed by atoms with Crippen LogP contribution >= 0.6 is 0 Å². The molecule has 21 heavy (non-hydrogen) atoms. The molecule has 0 fully saturated rings. The van der Waals surface area contributed by atoms with E-state index in [9.17, 15) is 14.7 Å². The molecule has 0 radical (unpaired) electrons. The fourth-order valence-corrected chi connectivity index (χ4v) is 1.91. The molecule has 0 unspecified atom stereocenters. The lowest BCUT2D eigenvalue weighted by atomic mass is 10.1. The van der Waals surface area contributed by atoms with E-state index in [2.05, 4.69) is 15.6 Å². The molecule has 0 atom stereocenters. The van der Waals surface area contributed by atoms with Gasteiger partial charge in [-0.05, 0) is 24.3 Å². The molecule has 0 aliphatic rings. The maximum atomic E-state index is 11.7. The molecule has 1 heterocycles. The van der Waals surface area contributed by atoms with Crippen molar-refractivity contribution in [3.05, 3.63) is 69.1 Å². The van der Waals surface area contributed by atoms with Gasteiger partial charge in [-0.2, -0.15) is 0 Å². The molecule has 6 nitrogen and oxygen atoms in total. The predicted octanol–water partition coefficient (Wildman–Crippen LogP) is 1.87. The lowest BCUT2D eigenvalue weighted by Crippen LogP contribution is -2.35. The minimum atomic E-state index is -0.640. The van der Waals surface area contributed by atoms with E-state index < -0.39 is 10.9 Å². The smallest absolute Gasteiger partial charge is 0.253 e.